The van der Waals surface area contributed by atoms with Gasteiger partial charge in [0.1, 0.15) is 6.61 Å². The third-order valence-corrected chi connectivity index (χ3v) is 2.30. The first-order valence-corrected chi connectivity index (χ1v) is 4.39. The van der Waals surface area contributed by atoms with Gasteiger partial charge in [0, 0.05) is 32.6 Å². The molecule has 0 unspecified atom stereocenters. The minimum Gasteiger partial charge on any atom is -0.381 e. The second kappa shape index (κ2) is 4.55. The van der Waals surface area contributed by atoms with Crippen molar-refractivity contribution in [1.82, 2.24) is 0 Å². The van der Waals surface area contributed by atoms with Crippen molar-refractivity contribution < 1.29 is 14.3 Å². The van der Waals surface area contributed by atoms with Crippen LogP contribution in [0.15, 0.2) is 0 Å². The van der Waals surface area contributed by atoms with E-state index >= 15 is 0 Å². The maximum Gasteiger partial charge on any atom is 0.243 e. The van der Waals surface area contributed by atoms with Crippen molar-refractivity contribution in [3.63, 3.8) is 0 Å². The first-order chi connectivity index (χ1) is 6.18. The Labute approximate surface area is 77.4 Å². The standard InChI is InChI=1S/C8H16N2O3/c9-6-8(13-5-7(10)11)1-3-12-4-2-8/h1-6,9H2,(H2,10,11). The van der Waals surface area contributed by atoms with Crippen LogP contribution < -0.4 is 11.5 Å². The number of carbonyl (C=O) groups excluding carboxylic acids is 1. The minimum atomic E-state index is -0.459. The van der Waals surface area contributed by atoms with Crippen LogP contribution >= 0.6 is 0 Å². The molecule has 76 valence electrons. The Kier molecular flexibility index (Phi) is 3.65. The van der Waals surface area contributed by atoms with Crippen LogP contribution in [-0.2, 0) is 14.3 Å². The first kappa shape index (κ1) is 10.4. The second-order valence-electron chi connectivity index (χ2n) is 3.25. The fraction of sp³-hybridized carbons (Fsp3) is 0.875. The second-order valence-corrected chi connectivity index (χ2v) is 3.25. The van der Waals surface area contributed by atoms with Crippen LogP contribution in [0.25, 0.3) is 0 Å². The highest BCUT2D eigenvalue weighted by Crippen LogP contribution is 2.23. The van der Waals surface area contributed by atoms with Crippen molar-refractivity contribution in [1.29, 1.82) is 0 Å². The van der Waals surface area contributed by atoms with Crippen LogP contribution in [0.5, 0.6) is 0 Å². The Morgan fingerprint density at radius 2 is 2.08 bits per heavy atom. The third-order valence-electron chi connectivity index (χ3n) is 2.30. The molecule has 1 rings (SSSR count). The molecule has 0 spiro atoms. The van der Waals surface area contributed by atoms with Gasteiger partial charge in [-0.2, -0.15) is 0 Å². The molecule has 1 fully saturated rings. The summed E-state index contributed by atoms with van der Waals surface area (Å²) in [4.78, 5) is 10.5. The van der Waals surface area contributed by atoms with Gasteiger partial charge in [-0.15, -0.1) is 0 Å². The highest BCUT2D eigenvalue weighted by molar-refractivity contribution is 5.75. The Hall–Kier alpha value is -0.650. The van der Waals surface area contributed by atoms with Crippen molar-refractivity contribution in [3.05, 3.63) is 0 Å². The third kappa shape index (κ3) is 2.95. The van der Waals surface area contributed by atoms with E-state index in [0.29, 0.717) is 19.8 Å². The molecule has 1 amide bonds. The molecular weight excluding hydrogens is 172 g/mol. The van der Waals surface area contributed by atoms with E-state index in [9.17, 15) is 4.79 Å². The van der Waals surface area contributed by atoms with Gasteiger partial charge in [0.05, 0.1) is 5.60 Å². The quantitative estimate of drug-likeness (QED) is 0.592. The van der Waals surface area contributed by atoms with Gasteiger partial charge in [0.15, 0.2) is 0 Å². The van der Waals surface area contributed by atoms with Crippen molar-refractivity contribution in [2.75, 3.05) is 26.4 Å². The maximum atomic E-state index is 10.5. The Morgan fingerprint density at radius 3 is 2.54 bits per heavy atom. The number of primary amides is 1. The lowest BCUT2D eigenvalue weighted by molar-refractivity contribution is -0.138. The number of hydrogen-bond donors (Lipinski definition) is 2. The molecule has 1 aliphatic heterocycles. The molecule has 1 saturated heterocycles. The summed E-state index contributed by atoms with van der Waals surface area (Å²) >= 11 is 0. The summed E-state index contributed by atoms with van der Waals surface area (Å²) in [5.74, 6) is -0.459. The minimum absolute atomic E-state index is 0.0583. The van der Waals surface area contributed by atoms with Crippen molar-refractivity contribution in [3.8, 4) is 0 Å². The van der Waals surface area contributed by atoms with Gasteiger partial charge in [0.25, 0.3) is 0 Å². The SMILES string of the molecule is NCC1(OCC(N)=O)CCOCC1. The Balaban J connectivity index is 2.42. The summed E-state index contributed by atoms with van der Waals surface area (Å²) in [5, 5.41) is 0. The smallest absolute Gasteiger partial charge is 0.243 e. The average molecular weight is 188 g/mol. The lowest BCUT2D eigenvalue weighted by Gasteiger charge is -2.35. The molecule has 1 heterocycles. The molecule has 0 aromatic carbocycles. The summed E-state index contributed by atoms with van der Waals surface area (Å²) in [6, 6.07) is 0. The zero-order valence-corrected chi connectivity index (χ0v) is 7.62. The molecule has 0 atom stereocenters. The molecule has 0 aromatic rings. The van der Waals surface area contributed by atoms with Gasteiger partial charge >= 0.3 is 0 Å². The molecular formula is C8H16N2O3. The number of nitrogens with two attached hydrogens (primary N) is 2. The number of ether oxygens (including phenoxy) is 2. The molecule has 0 aromatic heterocycles. The van der Waals surface area contributed by atoms with Gasteiger partial charge < -0.3 is 20.9 Å². The fourth-order valence-corrected chi connectivity index (χ4v) is 1.38. The molecule has 4 N–H and O–H groups in total. The molecule has 0 saturated carbocycles. The van der Waals surface area contributed by atoms with E-state index in [1.165, 1.54) is 0 Å². The van der Waals surface area contributed by atoms with Crippen molar-refractivity contribution in [2.24, 2.45) is 11.5 Å². The monoisotopic (exact) mass is 188 g/mol. The zero-order chi connectivity index (χ0) is 9.73. The predicted molar refractivity (Wildman–Crippen MR) is 47.0 cm³/mol. The topological polar surface area (TPSA) is 87.6 Å². The van der Waals surface area contributed by atoms with Gasteiger partial charge in [-0.05, 0) is 0 Å². The summed E-state index contributed by atoms with van der Waals surface area (Å²) in [5.41, 5.74) is 10.2. The molecule has 1 aliphatic rings. The van der Waals surface area contributed by atoms with Crippen LogP contribution in [0.1, 0.15) is 12.8 Å². The summed E-state index contributed by atoms with van der Waals surface area (Å²) in [7, 11) is 0. The molecule has 13 heavy (non-hydrogen) atoms. The van der Waals surface area contributed by atoms with E-state index in [1.54, 1.807) is 0 Å². The Morgan fingerprint density at radius 1 is 1.46 bits per heavy atom. The largest absolute Gasteiger partial charge is 0.381 e. The lowest BCUT2D eigenvalue weighted by atomic mass is 9.94. The number of hydrogen-bond acceptors (Lipinski definition) is 4. The van der Waals surface area contributed by atoms with Crippen LogP contribution in [0.3, 0.4) is 0 Å². The van der Waals surface area contributed by atoms with Gasteiger partial charge in [-0.1, -0.05) is 0 Å². The summed E-state index contributed by atoms with van der Waals surface area (Å²) in [6.45, 7) is 1.62. The van der Waals surface area contributed by atoms with E-state index in [1.807, 2.05) is 0 Å². The van der Waals surface area contributed by atoms with Gasteiger partial charge in [0.2, 0.25) is 5.91 Å². The van der Waals surface area contributed by atoms with Gasteiger partial charge in [-0.25, -0.2) is 0 Å². The molecule has 0 aliphatic carbocycles. The normalized spacial score (nSPS) is 21.3. The highest BCUT2D eigenvalue weighted by atomic mass is 16.5. The van der Waals surface area contributed by atoms with E-state index in [-0.39, 0.29) is 6.61 Å². The fourth-order valence-electron chi connectivity index (χ4n) is 1.38. The molecule has 5 heteroatoms. The summed E-state index contributed by atoms with van der Waals surface area (Å²) < 4.78 is 10.6. The van der Waals surface area contributed by atoms with E-state index in [2.05, 4.69) is 0 Å². The number of rotatable bonds is 4. The van der Waals surface area contributed by atoms with E-state index in [4.69, 9.17) is 20.9 Å². The molecule has 5 nitrogen and oxygen atoms in total. The Bertz CT molecular complexity index is 178. The number of amides is 1. The van der Waals surface area contributed by atoms with E-state index in [0.717, 1.165) is 12.8 Å². The van der Waals surface area contributed by atoms with Crippen molar-refractivity contribution >= 4 is 5.91 Å². The predicted octanol–water partition coefficient (Wildman–Crippen LogP) is -1.00. The summed E-state index contributed by atoms with van der Waals surface area (Å²) in [6.07, 6.45) is 1.47. The average Bonchev–Trinajstić information content (AvgIpc) is 2.16. The maximum absolute atomic E-state index is 10.5. The molecule has 0 radical (unpaired) electrons. The van der Waals surface area contributed by atoms with Crippen LogP contribution in [0, 0.1) is 0 Å². The number of carbonyl (C=O) groups is 1. The van der Waals surface area contributed by atoms with Crippen LogP contribution in [-0.4, -0.2) is 37.9 Å². The van der Waals surface area contributed by atoms with Gasteiger partial charge in [-0.3, -0.25) is 4.79 Å². The molecule has 0 bridgehead atoms. The van der Waals surface area contributed by atoms with Crippen LogP contribution in [0.4, 0.5) is 0 Å². The van der Waals surface area contributed by atoms with Crippen molar-refractivity contribution in [2.45, 2.75) is 18.4 Å². The first-order valence-electron chi connectivity index (χ1n) is 4.39. The van der Waals surface area contributed by atoms with E-state index < -0.39 is 11.5 Å². The zero-order valence-electron chi connectivity index (χ0n) is 7.62. The lowest BCUT2D eigenvalue weighted by Crippen LogP contribution is -2.47. The highest BCUT2D eigenvalue weighted by Gasteiger charge is 2.32. The van der Waals surface area contributed by atoms with Crippen LogP contribution in [0.2, 0.25) is 0 Å².